The number of carbonyl (C=O) groups excluding carboxylic acids is 1. The molecule has 2 aliphatic heterocycles. The summed E-state index contributed by atoms with van der Waals surface area (Å²) in [4.78, 5) is 15.5. The number of phenolic OH excluding ortho intramolecular Hbond substituents is 1. The minimum Gasteiger partial charge on any atom is -0.507 e. The van der Waals surface area contributed by atoms with Crippen molar-refractivity contribution in [1.82, 2.24) is 9.47 Å². The van der Waals surface area contributed by atoms with Gasteiger partial charge in [-0.25, -0.2) is 0 Å². The molecule has 1 N–H and O–H groups in total. The molecule has 1 aromatic heterocycles. The fraction of sp³-hybridized carbons (Fsp3) is 0.346. The van der Waals surface area contributed by atoms with Gasteiger partial charge in [0.05, 0.1) is 11.1 Å². The Kier molecular flexibility index (Phi) is 4.86. The Morgan fingerprint density at radius 1 is 1.13 bits per heavy atom. The zero-order chi connectivity index (χ0) is 21.7. The Balaban J connectivity index is 1.49. The summed E-state index contributed by atoms with van der Waals surface area (Å²) >= 11 is 0. The third kappa shape index (κ3) is 3.53. The Labute approximate surface area is 182 Å². The van der Waals surface area contributed by atoms with Gasteiger partial charge in [-0.3, -0.25) is 9.69 Å². The first-order chi connectivity index (χ1) is 14.9. The number of Topliss-reactive ketones (excluding diaryl/α,β-unsaturated/α-hetero) is 1. The molecule has 1 saturated heterocycles. The van der Waals surface area contributed by atoms with Crippen LogP contribution in [0.4, 0.5) is 0 Å². The number of piperidine rings is 1. The molecule has 5 nitrogen and oxygen atoms in total. The Morgan fingerprint density at radius 3 is 2.65 bits per heavy atom. The van der Waals surface area contributed by atoms with E-state index in [2.05, 4.69) is 24.8 Å². The van der Waals surface area contributed by atoms with Crippen LogP contribution in [0.15, 0.2) is 48.4 Å². The number of hydrogen-bond donors (Lipinski definition) is 1. The van der Waals surface area contributed by atoms with Gasteiger partial charge < -0.3 is 14.4 Å². The molecular weight excluding hydrogens is 388 g/mol. The van der Waals surface area contributed by atoms with Gasteiger partial charge in [-0.1, -0.05) is 32.0 Å². The van der Waals surface area contributed by atoms with Gasteiger partial charge in [0, 0.05) is 49.3 Å². The summed E-state index contributed by atoms with van der Waals surface area (Å²) in [6, 6.07) is 11.4. The van der Waals surface area contributed by atoms with E-state index in [0.717, 1.165) is 29.6 Å². The first-order valence-electron chi connectivity index (χ1n) is 11.0. The van der Waals surface area contributed by atoms with Crippen molar-refractivity contribution in [3.63, 3.8) is 0 Å². The second-order valence-electron chi connectivity index (χ2n) is 9.23. The number of aromatic hydroxyl groups is 1. The average Bonchev–Trinajstić information content (AvgIpc) is 3.21. The van der Waals surface area contributed by atoms with E-state index in [0.29, 0.717) is 41.0 Å². The lowest BCUT2D eigenvalue weighted by Crippen LogP contribution is -2.38. The van der Waals surface area contributed by atoms with Gasteiger partial charge in [0.1, 0.15) is 11.5 Å². The number of rotatable bonds is 3. The molecular formula is C26H28N2O3. The van der Waals surface area contributed by atoms with Crippen LogP contribution in [0, 0.1) is 11.8 Å². The lowest BCUT2D eigenvalue weighted by atomic mass is 9.91. The number of fused-ring (bicyclic) bond motifs is 2. The summed E-state index contributed by atoms with van der Waals surface area (Å²) in [5, 5.41) is 11.7. The van der Waals surface area contributed by atoms with Gasteiger partial charge >= 0.3 is 0 Å². The Bertz CT molecular complexity index is 1200. The summed E-state index contributed by atoms with van der Waals surface area (Å²) in [6.07, 6.45) is 5.05. The van der Waals surface area contributed by atoms with Crippen molar-refractivity contribution >= 4 is 22.8 Å². The number of ketones is 1. The normalized spacial score (nSPS) is 22.8. The molecule has 0 amide bonds. The molecule has 1 fully saturated rings. The van der Waals surface area contributed by atoms with Crippen LogP contribution in [0.5, 0.6) is 11.5 Å². The minimum atomic E-state index is -0.135. The molecule has 2 aromatic carbocycles. The first kappa shape index (κ1) is 19.9. The Morgan fingerprint density at radius 2 is 1.87 bits per heavy atom. The number of carbonyl (C=O) groups is 1. The van der Waals surface area contributed by atoms with Gasteiger partial charge in [0.25, 0.3) is 0 Å². The maximum absolute atomic E-state index is 13.1. The van der Waals surface area contributed by atoms with Crippen LogP contribution >= 0.6 is 0 Å². The van der Waals surface area contributed by atoms with E-state index < -0.39 is 0 Å². The number of allylic oxidation sites excluding steroid dienone is 1. The lowest BCUT2D eigenvalue weighted by Gasteiger charge is -2.35. The maximum Gasteiger partial charge on any atom is 0.231 e. The second kappa shape index (κ2) is 7.57. The smallest absolute Gasteiger partial charge is 0.231 e. The molecule has 3 heterocycles. The second-order valence-corrected chi connectivity index (χ2v) is 9.23. The third-order valence-corrected chi connectivity index (χ3v) is 6.46. The predicted octanol–water partition coefficient (Wildman–Crippen LogP) is 4.98. The number of nitrogens with zero attached hydrogens (tertiary/aromatic N) is 2. The molecule has 2 aliphatic rings. The number of likely N-dealkylation sites (tertiary alicyclic amines) is 1. The van der Waals surface area contributed by atoms with E-state index in [4.69, 9.17) is 4.74 Å². The topological polar surface area (TPSA) is 54.7 Å². The lowest BCUT2D eigenvalue weighted by molar-refractivity contribution is 0.101. The van der Waals surface area contributed by atoms with Crippen LogP contribution in [0.1, 0.15) is 41.8 Å². The highest BCUT2D eigenvalue weighted by molar-refractivity contribution is 6.15. The largest absolute Gasteiger partial charge is 0.507 e. The standard InChI is InChI=1S/C26H28N2O3/c1-16-10-17(2)13-28(12-16)15-21-23(29)9-8-20-25(30)24(31-26(20)21)11-18-14-27(3)22-7-5-4-6-19(18)22/h4-9,11,14,16-17,29H,10,12-13,15H2,1-3H3/t16-,17-/m0/s1. The average molecular weight is 417 g/mol. The van der Waals surface area contributed by atoms with E-state index in [1.54, 1.807) is 12.1 Å². The summed E-state index contributed by atoms with van der Waals surface area (Å²) < 4.78 is 8.15. The molecule has 0 saturated carbocycles. The first-order valence-corrected chi connectivity index (χ1v) is 11.0. The van der Waals surface area contributed by atoms with Crippen LogP contribution in [-0.2, 0) is 13.6 Å². The zero-order valence-corrected chi connectivity index (χ0v) is 18.3. The van der Waals surface area contributed by atoms with Crippen molar-refractivity contribution in [3.8, 4) is 11.5 Å². The van der Waals surface area contributed by atoms with Gasteiger partial charge in [0.2, 0.25) is 5.78 Å². The molecule has 0 bridgehead atoms. The molecule has 0 radical (unpaired) electrons. The van der Waals surface area contributed by atoms with Gasteiger partial charge in [-0.2, -0.15) is 0 Å². The third-order valence-electron chi connectivity index (χ3n) is 6.46. The van der Waals surface area contributed by atoms with Crippen LogP contribution in [-0.4, -0.2) is 33.4 Å². The van der Waals surface area contributed by atoms with E-state index in [-0.39, 0.29) is 11.5 Å². The summed E-state index contributed by atoms with van der Waals surface area (Å²) in [7, 11) is 1.99. The number of ether oxygens (including phenoxy) is 1. The number of aromatic nitrogens is 1. The predicted molar refractivity (Wildman–Crippen MR) is 122 cm³/mol. The summed E-state index contributed by atoms with van der Waals surface area (Å²) in [6.45, 7) is 7.09. The van der Waals surface area contributed by atoms with E-state index in [1.807, 2.05) is 42.1 Å². The molecule has 0 aliphatic carbocycles. The fourth-order valence-corrected chi connectivity index (χ4v) is 5.22. The molecule has 2 atom stereocenters. The molecule has 160 valence electrons. The molecule has 3 aromatic rings. The van der Waals surface area contributed by atoms with Crippen molar-refractivity contribution in [2.45, 2.75) is 26.8 Å². The molecule has 0 spiro atoms. The Hall–Kier alpha value is -3.05. The number of aryl methyl sites for hydroxylation is 1. The highest BCUT2D eigenvalue weighted by Gasteiger charge is 2.33. The van der Waals surface area contributed by atoms with Crippen molar-refractivity contribution in [3.05, 3.63) is 65.0 Å². The van der Waals surface area contributed by atoms with Gasteiger partial charge in [0.15, 0.2) is 5.76 Å². The number of phenols is 1. The number of para-hydroxylation sites is 1. The van der Waals surface area contributed by atoms with E-state index >= 15 is 0 Å². The molecule has 0 unspecified atom stereocenters. The van der Waals surface area contributed by atoms with Crippen LogP contribution in [0.2, 0.25) is 0 Å². The minimum absolute atomic E-state index is 0.135. The van der Waals surface area contributed by atoms with Crippen molar-refractivity contribution in [2.24, 2.45) is 18.9 Å². The van der Waals surface area contributed by atoms with Crippen LogP contribution in [0.25, 0.3) is 17.0 Å². The van der Waals surface area contributed by atoms with Crippen molar-refractivity contribution < 1.29 is 14.6 Å². The highest BCUT2D eigenvalue weighted by Crippen LogP contribution is 2.41. The van der Waals surface area contributed by atoms with E-state index in [1.165, 1.54) is 6.42 Å². The maximum atomic E-state index is 13.1. The molecule has 5 rings (SSSR count). The van der Waals surface area contributed by atoms with Crippen molar-refractivity contribution in [2.75, 3.05) is 13.1 Å². The zero-order valence-electron chi connectivity index (χ0n) is 18.3. The fourth-order valence-electron chi connectivity index (χ4n) is 5.22. The number of benzene rings is 2. The van der Waals surface area contributed by atoms with Crippen LogP contribution in [0.3, 0.4) is 0 Å². The highest BCUT2D eigenvalue weighted by atomic mass is 16.5. The number of hydrogen-bond acceptors (Lipinski definition) is 4. The van der Waals surface area contributed by atoms with E-state index in [9.17, 15) is 9.90 Å². The summed E-state index contributed by atoms with van der Waals surface area (Å²) in [5.41, 5.74) is 3.27. The quantitative estimate of drug-likeness (QED) is 0.612. The molecule has 31 heavy (non-hydrogen) atoms. The van der Waals surface area contributed by atoms with Gasteiger partial charge in [-0.15, -0.1) is 0 Å². The van der Waals surface area contributed by atoms with Gasteiger partial charge in [-0.05, 0) is 42.5 Å². The monoisotopic (exact) mass is 416 g/mol. The van der Waals surface area contributed by atoms with Crippen molar-refractivity contribution in [1.29, 1.82) is 0 Å². The molecule has 5 heteroatoms. The SMILES string of the molecule is C[C@H]1C[C@H](C)CN(Cc2c(O)ccc3c2OC(=Cc2cn(C)c4ccccc24)C3=O)C1. The summed E-state index contributed by atoms with van der Waals surface area (Å²) in [5.74, 6) is 2.09. The van der Waals surface area contributed by atoms with Crippen LogP contribution < -0.4 is 4.74 Å².